The first-order valence-corrected chi connectivity index (χ1v) is 11.8. The Bertz CT molecular complexity index is 653. The molecule has 0 bridgehead atoms. The van der Waals surface area contributed by atoms with Crippen molar-refractivity contribution < 1.29 is 18.3 Å². The van der Waals surface area contributed by atoms with Crippen molar-refractivity contribution in [2.45, 2.75) is 85.0 Å². The lowest BCUT2D eigenvalue weighted by Crippen LogP contribution is -2.29. The maximum atomic E-state index is 14.5. The molecule has 0 N–H and O–H groups in total. The van der Waals surface area contributed by atoms with Crippen molar-refractivity contribution in [2.24, 2.45) is 23.7 Å². The standard InChI is InChI=1S/C25H38F2O2/c1-4-7-18-10-12-20(13-11-18)21-9-6-8-19(15-21)16-29-25-17(3)14-22(28-5-2)23(26)24(25)27/h14,18-21H,4-13,15-16H2,1-3H3. The molecule has 2 fully saturated rings. The first kappa shape index (κ1) is 22.4. The van der Waals surface area contributed by atoms with Crippen LogP contribution in [0.2, 0.25) is 0 Å². The van der Waals surface area contributed by atoms with E-state index in [2.05, 4.69) is 6.92 Å². The highest BCUT2D eigenvalue weighted by atomic mass is 19.2. The summed E-state index contributed by atoms with van der Waals surface area (Å²) in [4.78, 5) is 0. The fourth-order valence-corrected chi connectivity index (χ4v) is 5.61. The summed E-state index contributed by atoms with van der Waals surface area (Å²) in [7, 11) is 0. The van der Waals surface area contributed by atoms with E-state index in [1.807, 2.05) is 0 Å². The van der Waals surface area contributed by atoms with E-state index in [0.717, 1.165) is 24.2 Å². The smallest absolute Gasteiger partial charge is 0.204 e. The molecule has 0 amide bonds. The molecule has 2 aliphatic rings. The zero-order chi connectivity index (χ0) is 20.8. The van der Waals surface area contributed by atoms with Crippen molar-refractivity contribution >= 4 is 0 Å². The molecule has 4 heteroatoms. The van der Waals surface area contributed by atoms with Gasteiger partial charge in [-0.15, -0.1) is 0 Å². The van der Waals surface area contributed by atoms with Crippen LogP contribution in [0.4, 0.5) is 8.78 Å². The molecule has 2 saturated carbocycles. The highest BCUT2D eigenvalue weighted by Crippen LogP contribution is 2.43. The third kappa shape index (κ3) is 5.64. The van der Waals surface area contributed by atoms with Gasteiger partial charge in [0, 0.05) is 0 Å². The Hall–Kier alpha value is -1.32. The van der Waals surface area contributed by atoms with Crippen LogP contribution < -0.4 is 9.47 Å². The summed E-state index contributed by atoms with van der Waals surface area (Å²) in [5.74, 6) is 1.16. The van der Waals surface area contributed by atoms with Crippen LogP contribution in [0.1, 0.15) is 83.6 Å². The second-order valence-corrected chi connectivity index (χ2v) is 9.25. The summed E-state index contributed by atoms with van der Waals surface area (Å²) in [5, 5.41) is 0. The van der Waals surface area contributed by atoms with Crippen LogP contribution in [0.5, 0.6) is 11.5 Å². The van der Waals surface area contributed by atoms with Crippen molar-refractivity contribution in [2.75, 3.05) is 13.2 Å². The van der Waals surface area contributed by atoms with Gasteiger partial charge in [0.25, 0.3) is 0 Å². The number of benzene rings is 1. The van der Waals surface area contributed by atoms with E-state index in [0.29, 0.717) is 24.7 Å². The maximum absolute atomic E-state index is 14.5. The van der Waals surface area contributed by atoms with Crippen LogP contribution >= 0.6 is 0 Å². The summed E-state index contributed by atoms with van der Waals surface area (Å²) in [6.07, 6.45) is 13.1. The van der Waals surface area contributed by atoms with Crippen LogP contribution in [0, 0.1) is 42.2 Å². The van der Waals surface area contributed by atoms with Crippen LogP contribution in [0.15, 0.2) is 6.07 Å². The van der Waals surface area contributed by atoms with Crippen LogP contribution in [-0.2, 0) is 0 Å². The fraction of sp³-hybridized carbons (Fsp3) is 0.760. The van der Waals surface area contributed by atoms with Gasteiger partial charge in [-0.3, -0.25) is 0 Å². The van der Waals surface area contributed by atoms with Crippen molar-refractivity contribution in [3.63, 3.8) is 0 Å². The molecule has 1 aromatic rings. The summed E-state index contributed by atoms with van der Waals surface area (Å²) in [5.41, 5.74) is 0.592. The second-order valence-electron chi connectivity index (χ2n) is 9.25. The SMILES string of the molecule is CCCC1CCC(C2CCCC(COc3c(C)cc(OCC)c(F)c3F)C2)CC1. The maximum Gasteiger partial charge on any atom is 0.204 e. The van der Waals surface area contributed by atoms with Gasteiger partial charge in [0.1, 0.15) is 0 Å². The molecule has 0 aliphatic heterocycles. The zero-order valence-corrected chi connectivity index (χ0v) is 18.4. The molecular formula is C25H38F2O2. The van der Waals surface area contributed by atoms with E-state index in [4.69, 9.17) is 9.47 Å². The molecule has 2 atom stereocenters. The van der Waals surface area contributed by atoms with Crippen molar-refractivity contribution in [1.29, 1.82) is 0 Å². The fourth-order valence-electron chi connectivity index (χ4n) is 5.61. The highest BCUT2D eigenvalue weighted by molar-refractivity contribution is 5.42. The first-order chi connectivity index (χ1) is 14.0. The molecule has 0 heterocycles. The Morgan fingerprint density at radius 3 is 2.34 bits per heavy atom. The minimum atomic E-state index is -0.946. The van der Waals surface area contributed by atoms with Crippen LogP contribution in [0.25, 0.3) is 0 Å². The molecular weight excluding hydrogens is 370 g/mol. The van der Waals surface area contributed by atoms with Crippen molar-refractivity contribution in [3.8, 4) is 11.5 Å². The number of aryl methyl sites for hydroxylation is 1. The summed E-state index contributed by atoms with van der Waals surface area (Å²) in [6.45, 7) is 6.58. The monoisotopic (exact) mass is 408 g/mol. The zero-order valence-electron chi connectivity index (χ0n) is 18.4. The normalized spacial score (nSPS) is 27.6. The molecule has 0 saturated heterocycles. The largest absolute Gasteiger partial charge is 0.491 e. The molecule has 0 spiro atoms. The third-order valence-corrected chi connectivity index (χ3v) is 7.16. The van der Waals surface area contributed by atoms with Gasteiger partial charge >= 0.3 is 0 Å². The van der Waals surface area contributed by atoms with Gasteiger partial charge in [-0.05, 0) is 74.8 Å². The van der Waals surface area contributed by atoms with Gasteiger partial charge in [-0.1, -0.05) is 45.4 Å². The van der Waals surface area contributed by atoms with Gasteiger partial charge in [0.05, 0.1) is 13.2 Å². The van der Waals surface area contributed by atoms with E-state index >= 15 is 0 Å². The average molecular weight is 409 g/mol. The predicted octanol–water partition coefficient (Wildman–Crippen LogP) is 7.46. The lowest BCUT2D eigenvalue weighted by atomic mass is 9.68. The molecule has 2 aliphatic carbocycles. The molecule has 29 heavy (non-hydrogen) atoms. The number of hydrogen-bond acceptors (Lipinski definition) is 2. The number of ether oxygens (including phenoxy) is 2. The Labute approximate surface area is 175 Å². The summed E-state index contributed by atoms with van der Waals surface area (Å²) in [6, 6.07) is 1.54. The molecule has 2 unspecified atom stereocenters. The first-order valence-electron chi connectivity index (χ1n) is 11.8. The molecule has 164 valence electrons. The van der Waals surface area contributed by atoms with E-state index < -0.39 is 11.6 Å². The van der Waals surface area contributed by atoms with Crippen LogP contribution in [-0.4, -0.2) is 13.2 Å². The van der Waals surface area contributed by atoms with Gasteiger partial charge in [-0.2, -0.15) is 8.78 Å². The molecule has 0 aromatic heterocycles. The Balaban J connectivity index is 1.54. The number of rotatable bonds is 8. The van der Waals surface area contributed by atoms with E-state index in [9.17, 15) is 8.78 Å². The Kier molecular flexibility index (Phi) is 8.20. The van der Waals surface area contributed by atoms with Crippen molar-refractivity contribution in [3.05, 3.63) is 23.3 Å². The minimum absolute atomic E-state index is 0.0359. The van der Waals surface area contributed by atoms with Gasteiger partial charge in [-0.25, -0.2) is 0 Å². The van der Waals surface area contributed by atoms with Gasteiger partial charge in [0.15, 0.2) is 11.5 Å². The van der Waals surface area contributed by atoms with Crippen molar-refractivity contribution in [1.82, 2.24) is 0 Å². The minimum Gasteiger partial charge on any atom is -0.491 e. The van der Waals surface area contributed by atoms with E-state index in [1.54, 1.807) is 13.8 Å². The average Bonchev–Trinajstić information content (AvgIpc) is 2.73. The molecule has 3 rings (SSSR count). The Morgan fingerprint density at radius 2 is 1.66 bits per heavy atom. The molecule has 2 nitrogen and oxygen atoms in total. The topological polar surface area (TPSA) is 18.5 Å². The third-order valence-electron chi connectivity index (χ3n) is 7.16. The predicted molar refractivity (Wildman–Crippen MR) is 114 cm³/mol. The van der Waals surface area contributed by atoms with Gasteiger partial charge in [0.2, 0.25) is 11.6 Å². The second kappa shape index (κ2) is 10.6. The molecule has 1 aromatic carbocycles. The quantitative estimate of drug-likeness (QED) is 0.444. The van der Waals surface area contributed by atoms with Gasteiger partial charge < -0.3 is 9.47 Å². The van der Waals surface area contributed by atoms with E-state index in [1.165, 1.54) is 63.9 Å². The highest BCUT2D eigenvalue weighted by Gasteiger charge is 2.32. The lowest BCUT2D eigenvalue weighted by molar-refractivity contribution is 0.110. The summed E-state index contributed by atoms with van der Waals surface area (Å²) >= 11 is 0. The van der Waals surface area contributed by atoms with Crippen LogP contribution in [0.3, 0.4) is 0 Å². The number of halogens is 2. The Morgan fingerprint density at radius 1 is 0.897 bits per heavy atom. The lowest BCUT2D eigenvalue weighted by Gasteiger charge is -2.38. The number of hydrogen-bond donors (Lipinski definition) is 0. The molecule has 0 radical (unpaired) electrons. The van der Waals surface area contributed by atoms with E-state index in [-0.39, 0.29) is 11.5 Å². The summed E-state index contributed by atoms with van der Waals surface area (Å²) < 4.78 is 39.7.